The summed E-state index contributed by atoms with van der Waals surface area (Å²) in [7, 11) is -3.92. The highest BCUT2D eigenvalue weighted by atomic mass is 79.9. The van der Waals surface area contributed by atoms with E-state index in [1.54, 1.807) is 30.3 Å². The predicted molar refractivity (Wildman–Crippen MR) is 86.8 cm³/mol. The van der Waals surface area contributed by atoms with Gasteiger partial charge in [-0.05, 0) is 48.9 Å². The molecule has 0 aliphatic rings. The monoisotopic (exact) mass is 378 g/mol. The first-order chi connectivity index (χ1) is 10.4. The minimum atomic E-state index is -3.92. The zero-order valence-electron chi connectivity index (χ0n) is 11.5. The molecule has 0 radical (unpaired) electrons. The maximum Gasteiger partial charge on any atom is 0.213 e. The molecule has 0 unspecified atom stereocenters. The van der Waals surface area contributed by atoms with Gasteiger partial charge in [-0.25, -0.2) is 8.42 Å². The number of rotatable bonds is 2. The number of hydrogen-bond acceptors (Lipinski definition) is 4. The van der Waals surface area contributed by atoms with Crippen molar-refractivity contribution in [3.05, 3.63) is 69.0 Å². The summed E-state index contributed by atoms with van der Waals surface area (Å²) < 4.78 is 31.3. The second kappa shape index (κ2) is 5.37. The van der Waals surface area contributed by atoms with E-state index in [-0.39, 0.29) is 15.2 Å². The molecule has 0 aliphatic heterocycles. The van der Waals surface area contributed by atoms with Gasteiger partial charge in [0, 0.05) is 4.47 Å². The normalized spacial score (nSPS) is 11.7. The molecule has 112 valence electrons. The molecule has 0 atom stereocenters. The van der Waals surface area contributed by atoms with Crippen molar-refractivity contribution in [3.63, 3.8) is 0 Å². The summed E-state index contributed by atoms with van der Waals surface area (Å²) >= 11 is 3.25. The van der Waals surface area contributed by atoms with Crippen LogP contribution in [0.5, 0.6) is 0 Å². The van der Waals surface area contributed by atoms with Crippen LogP contribution in [0.25, 0.3) is 11.0 Å². The van der Waals surface area contributed by atoms with Crippen molar-refractivity contribution in [3.8, 4) is 0 Å². The van der Waals surface area contributed by atoms with Gasteiger partial charge in [0.05, 0.1) is 10.3 Å². The molecule has 1 heterocycles. The van der Waals surface area contributed by atoms with Gasteiger partial charge < -0.3 is 4.42 Å². The Hall–Kier alpha value is -1.92. The molecule has 1 aromatic heterocycles. The summed E-state index contributed by atoms with van der Waals surface area (Å²) in [6, 6.07) is 11.1. The van der Waals surface area contributed by atoms with Gasteiger partial charge in [0.1, 0.15) is 11.8 Å². The first kappa shape index (κ1) is 15.0. The van der Waals surface area contributed by atoms with Crippen LogP contribution in [0.3, 0.4) is 0 Å². The largest absolute Gasteiger partial charge is 0.463 e. The van der Waals surface area contributed by atoms with E-state index in [4.69, 9.17) is 4.42 Å². The fourth-order valence-corrected chi connectivity index (χ4v) is 3.69. The zero-order valence-corrected chi connectivity index (χ0v) is 13.9. The van der Waals surface area contributed by atoms with Crippen molar-refractivity contribution >= 4 is 36.7 Å². The Balaban J connectivity index is 2.26. The Morgan fingerprint density at radius 2 is 1.73 bits per heavy atom. The van der Waals surface area contributed by atoms with Gasteiger partial charge in [0.25, 0.3) is 0 Å². The van der Waals surface area contributed by atoms with Crippen LogP contribution in [-0.4, -0.2) is 8.42 Å². The molecule has 3 rings (SSSR count). The first-order valence-electron chi connectivity index (χ1n) is 6.42. The standard InChI is InChI=1S/C16H11BrO4S/c1-10-2-7-13-14(8-10)21-9-15(16(13)18)22(19,20)12-5-3-11(17)4-6-12/h2-9H,1H3. The Kier molecular flexibility index (Phi) is 3.66. The maximum absolute atomic E-state index is 12.6. The average Bonchev–Trinajstić information content (AvgIpc) is 2.47. The van der Waals surface area contributed by atoms with Gasteiger partial charge in [-0.1, -0.05) is 22.0 Å². The van der Waals surface area contributed by atoms with Crippen molar-refractivity contribution in [2.45, 2.75) is 16.7 Å². The van der Waals surface area contributed by atoms with Gasteiger partial charge in [-0.3, -0.25) is 4.79 Å². The second-order valence-corrected chi connectivity index (χ2v) is 7.72. The van der Waals surface area contributed by atoms with Crippen LogP contribution >= 0.6 is 15.9 Å². The van der Waals surface area contributed by atoms with Gasteiger partial charge >= 0.3 is 0 Å². The summed E-state index contributed by atoms with van der Waals surface area (Å²) in [5, 5.41) is 0.254. The summed E-state index contributed by atoms with van der Waals surface area (Å²) in [6.07, 6.45) is 1.02. The van der Waals surface area contributed by atoms with Gasteiger partial charge in [0.15, 0.2) is 4.90 Å². The lowest BCUT2D eigenvalue weighted by atomic mass is 10.2. The molecule has 0 N–H and O–H groups in total. The molecule has 3 aromatic rings. The van der Waals surface area contributed by atoms with E-state index in [1.165, 1.54) is 12.1 Å². The van der Waals surface area contributed by atoms with E-state index < -0.39 is 15.3 Å². The van der Waals surface area contributed by atoms with Crippen molar-refractivity contribution in [2.24, 2.45) is 0 Å². The van der Waals surface area contributed by atoms with Crippen LogP contribution in [-0.2, 0) is 9.84 Å². The van der Waals surface area contributed by atoms with Crippen LogP contribution in [0.2, 0.25) is 0 Å². The lowest BCUT2D eigenvalue weighted by molar-refractivity contribution is 0.566. The molecular formula is C16H11BrO4S. The summed E-state index contributed by atoms with van der Waals surface area (Å²) in [4.78, 5) is 12.2. The van der Waals surface area contributed by atoms with Crippen LogP contribution in [0.15, 0.2) is 72.2 Å². The quantitative estimate of drug-likeness (QED) is 0.681. The van der Waals surface area contributed by atoms with Gasteiger partial charge in [0.2, 0.25) is 15.3 Å². The molecule has 0 amide bonds. The fourth-order valence-electron chi connectivity index (χ4n) is 2.14. The molecule has 0 saturated heterocycles. The first-order valence-corrected chi connectivity index (χ1v) is 8.70. The second-order valence-electron chi connectivity index (χ2n) is 4.89. The number of halogens is 1. The molecule has 4 nitrogen and oxygen atoms in total. The van der Waals surface area contributed by atoms with E-state index in [9.17, 15) is 13.2 Å². The lowest BCUT2D eigenvalue weighted by Crippen LogP contribution is -2.15. The molecule has 0 spiro atoms. The van der Waals surface area contributed by atoms with Crippen molar-refractivity contribution in [1.82, 2.24) is 0 Å². The Morgan fingerprint density at radius 1 is 1.05 bits per heavy atom. The Labute approximate surface area is 135 Å². The molecule has 0 bridgehead atoms. The Morgan fingerprint density at radius 3 is 2.41 bits per heavy atom. The topological polar surface area (TPSA) is 64.3 Å². The highest BCUT2D eigenvalue weighted by molar-refractivity contribution is 9.10. The molecule has 2 aromatic carbocycles. The SMILES string of the molecule is Cc1ccc2c(=O)c(S(=O)(=O)c3ccc(Br)cc3)coc2c1. The highest BCUT2D eigenvalue weighted by Gasteiger charge is 2.23. The molecule has 0 aliphatic carbocycles. The van der Waals surface area contributed by atoms with Crippen molar-refractivity contribution < 1.29 is 12.8 Å². The number of fused-ring (bicyclic) bond motifs is 1. The zero-order chi connectivity index (χ0) is 15.9. The number of benzene rings is 2. The third-order valence-corrected chi connectivity index (χ3v) is 5.59. The third kappa shape index (κ3) is 2.48. The van der Waals surface area contributed by atoms with Crippen molar-refractivity contribution in [1.29, 1.82) is 0 Å². The molecule has 6 heteroatoms. The van der Waals surface area contributed by atoms with Gasteiger partial charge in [-0.15, -0.1) is 0 Å². The maximum atomic E-state index is 12.6. The van der Waals surface area contributed by atoms with E-state index in [0.717, 1.165) is 16.3 Å². The van der Waals surface area contributed by atoms with E-state index >= 15 is 0 Å². The number of hydrogen-bond donors (Lipinski definition) is 0. The number of sulfone groups is 1. The summed E-state index contributed by atoms with van der Waals surface area (Å²) in [5.74, 6) is 0. The van der Waals surface area contributed by atoms with Crippen LogP contribution in [0.4, 0.5) is 0 Å². The Bertz CT molecular complexity index is 1020. The summed E-state index contributed by atoms with van der Waals surface area (Å²) in [6.45, 7) is 1.87. The van der Waals surface area contributed by atoms with Crippen LogP contribution in [0, 0.1) is 6.92 Å². The third-order valence-electron chi connectivity index (χ3n) is 3.31. The smallest absolute Gasteiger partial charge is 0.213 e. The molecule has 0 fully saturated rings. The minimum absolute atomic E-state index is 0.0504. The van der Waals surface area contributed by atoms with Gasteiger partial charge in [-0.2, -0.15) is 0 Å². The average molecular weight is 379 g/mol. The van der Waals surface area contributed by atoms with Crippen molar-refractivity contribution in [2.75, 3.05) is 0 Å². The van der Waals surface area contributed by atoms with E-state index in [2.05, 4.69) is 15.9 Å². The number of aryl methyl sites for hydroxylation is 1. The molecular weight excluding hydrogens is 368 g/mol. The fraction of sp³-hybridized carbons (Fsp3) is 0.0625. The lowest BCUT2D eigenvalue weighted by Gasteiger charge is -2.05. The van der Waals surface area contributed by atoms with E-state index in [0.29, 0.717) is 5.58 Å². The van der Waals surface area contributed by atoms with E-state index in [1.807, 2.05) is 6.92 Å². The highest BCUT2D eigenvalue weighted by Crippen LogP contribution is 2.22. The predicted octanol–water partition coefficient (Wildman–Crippen LogP) is 3.70. The molecule has 22 heavy (non-hydrogen) atoms. The van der Waals surface area contributed by atoms with Crippen LogP contribution in [0.1, 0.15) is 5.56 Å². The molecule has 0 saturated carbocycles. The summed E-state index contributed by atoms with van der Waals surface area (Å²) in [5.41, 5.74) is 0.753. The minimum Gasteiger partial charge on any atom is -0.463 e. The van der Waals surface area contributed by atoms with Crippen LogP contribution < -0.4 is 5.43 Å².